The van der Waals surface area contributed by atoms with Crippen molar-refractivity contribution in [1.82, 2.24) is 4.98 Å². The van der Waals surface area contributed by atoms with Gasteiger partial charge in [0.05, 0.1) is 6.20 Å². The molecule has 2 atom stereocenters. The number of hydrogen-bond donors (Lipinski definition) is 2. The number of carbonyl (C=O) groups is 1. The van der Waals surface area contributed by atoms with Gasteiger partial charge in [-0.1, -0.05) is 18.2 Å². The van der Waals surface area contributed by atoms with Crippen molar-refractivity contribution in [3.8, 4) is 11.5 Å². The van der Waals surface area contributed by atoms with E-state index in [1.54, 1.807) is 18.5 Å². The van der Waals surface area contributed by atoms with Gasteiger partial charge in [0.2, 0.25) is 5.91 Å². The summed E-state index contributed by atoms with van der Waals surface area (Å²) >= 11 is 0. The molecule has 7 heteroatoms. The lowest BCUT2D eigenvalue weighted by molar-refractivity contribution is -0.119. The molecule has 3 rings (SSSR count). The topological polar surface area (TPSA) is 77.2 Å². The summed E-state index contributed by atoms with van der Waals surface area (Å²) in [6.45, 7) is 0. The highest BCUT2D eigenvalue weighted by Crippen LogP contribution is 2.30. The first-order chi connectivity index (χ1) is 10.7. The Balaban J connectivity index is 0.00000144. The lowest BCUT2D eigenvalue weighted by Crippen LogP contribution is -2.23. The van der Waals surface area contributed by atoms with E-state index in [-0.39, 0.29) is 42.7 Å². The molecule has 3 N–H and O–H groups in total. The number of nitrogens with one attached hydrogen (secondary N) is 1. The van der Waals surface area contributed by atoms with Crippen molar-refractivity contribution in [2.75, 3.05) is 5.32 Å². The van der Waals surface area contributed by atoms with Crippen LogP contribution < -0.4 is 15.8 Å². The lowest BCUT2D eigenvalue weighted by Gasteiger charge is -2.14. The molecule has 0 radical (unpaired) electrons. The van der Waals surface area contributed by atoms with Crippen LogP contribution >= 0.6 is 24.8 Å². The summed E-state index contributed by atoms with van der Waals surface area (Å²) in [6.07, 6.45) is 5.71. The Morgan fingerprint density at radius 3 is 2.58 bits per heavy atom. The maximum Gasteiger partial charge on any atom is 0.227 e. The third kappa shape index (κ3) is 5.09. The highest BCUT2D eigenvalue weighted by Gasteiger charge is 2.28. The van der Waals surface area contributed by atoms with Crippen LogP contribution in [0.4, 0.5) is 5.69 Å². The molecule has 1 aromatic heterocycles. The number of aromatic nitrogens is 1. The average molecular weight is 370 g/mol. The SMILES string of the molecule is Cl.Cl.NC1CCC(C(=O)Nc2cnccc2Oc2ccccc2)C1. The largest absolute Gasteiger partial charge is 0.455 e. The second kappa shape index (κ2) is 9.47. The van der Waals surface area contributed by atoms with E-state index in [1.165, 1.54) is 0 Å². The van der Waals surface area contributed by atoms with E-state index in [0.29, 0.717) is 17.2 Å². The second-order valence-corrected chi connectivity index (χ2v) is 5.55. The van der Waals surface area contributed by atoms with Crippen molar-refractivity contribution in [3.05, 3.63) is 48.8 Å². The number of rotatable bonds is 4. The molecule has 1 fully saturated rings. The van der Waals surface area contributed by atoms with Crippen molar-refractivity contribution in [1.29, 1.82) is 0 Å². The van der Waals surface area contributed by atoms with Crippen LogP contribution in [0.5, 0.6) is 11.5 Å². The van der Waals surface area contributed by atoms with Gasteiger partial charge in [-0.3, -0.25) is 9.78 Å². The first-order valence-electron chi connectivity index (χ1n) is 7.46. The van der Waals surface area contributed by atoms with Gasteiger partial charge in [0.1, 0.15) is 11.4 Å². The highest BCUT2D eigenvalue weighted by atomic mass is 35.5. The fourth-order valence-electron chi connectivity index (χ4n) is 2.67. The molecule has 1 aromatic carbocycles. The van der Waals surface area contributed by atoms with Crippen LogP contribution in [0.15, 0.2) is 48.8 Å². The zero-order chi connectivity index (χ0) is 15.4. The normalized spacial score (nSPS) is 18.9. The molecule has 0 aliphatic heterocycles. The Kier molecular flexibility index (Phi) is 7.98. The van der Waals surface area contributed by atoms with Gasteiger partial charge in [-0.05, 0) is 31.4 Å². The minimum absolute atomic E-state index is 0. The number of nitrogens with two attached hydrogens (primary N) is 1. The van der Waals surface area contributed by atoms with Crippen molar-refractivity contribution >= 4 is 36.4 Å². The molecule has 0 spiro atoms. The Morgan fingerprint density at radius 1 is 1.17 bits per heavy atom. The summed E-state index contributed by atoms with van der Waals surface area (Å²) in [4.78, 5) is 16.4. The zero-order valence-electron chi connectivity index (χ0n) is 13.1. The number of carbonyl (C=O) groups excluding carboxylic acids is 1. The summed E-state index contributed by atoms with van der Waals surface area (Å²) in [5, 5.41) is 2.91. The molecule has 0 bridgehead atoms. The molecule has 0 saturated heterocycles. The number of hydrogen-bond acceptors (Lipinski definition) is 4. The maximum atomic E-state index is 12.3. The van der Waals surface area contributed by atoms with E-state index in [0.717, 1.165) is 19.3 Å². The molecule has 2 aromatic rings. The van der Waals surface area contributed by atoms with Gasteiger partial charge >= 0.3 is 0 Å². The Hall–Kier alpha value is -1.82. The highest BCUT2D eigenvalue weighted by molar-refractivity contribution is 5.94. The fraction of sp³-hybridized carbons (Fsp3) is 0.294. The smallest absolute Gasteiger partial charge is 0.227 e. The Bertz CT molecular complexity index is 655. The number of nitrogens with zero attached hydrogens (tertiary/aromatic N) is 1. The maximum absolute atomic E-state index is 12.3. The molecule has 2 unspecified atom stereocenters. The van der Waals surface area contributed by atoms with Gasteiger partial charge in [0.25, 0.3) is 0 Å². The van der Waals surface area contributed by atoms with Crippen LogP contribution in [-0.2, 0) is 4.79 Å². The quantitative estimate of drug-likeness (QED) is 0.859. The molecule has 5 nitrogen and oxygen atoms in total. The van der Waals surface area contributed by atoms with Gasteiger partial charge in [0.15, 0.2) is 5.75 Å². The summed E-state index contributed by atoms with van der Waals surface area (Å²) in [5.74, 6) is 1.25. The van der Waals surface area contributed by atoms with E-state index in [4.69, 9.17) is 10.5 Å². The lowest BCUT2D eigenvalue weighted by atomic mass is 10.1. The third-order valence-corrected chi connectivity index (χ3v) is 3.85. The first kappa shape index (κ1) is 20.2. The van der Waals surface area contributed by atoms with Gasteiger partial charge in [-0.2, -0.15) is 0 Å². The molecular formula is C17H21Cl2N3O2. The number of pyridine rings is 1. The molecule has 1 aliphatic rings. The predicted octanol–water partition coefficient (Wildman–Crippen LogP) is 3.78. The molecule has 1 saturated carbocycles. The number of halogens is 2. The summed E-state index contributed by atoms with van der Waals surface area (Å²) in [6, 6.07) is 11.3. The Morgan fingerprint density at radius 2 is 1.92 bits per heavy atom. The average Bonchev–Trinajstić information content (AvgIpc) is 2.97. The van der Waals surface area contributed by atoms with E-state index in [2.05, 4.69) is 10.3 Å². The van der Waals surface area contributed by atoms with Gasteiger partial charge in [0, 0.05) is 24.2 Å². The molecule has 1 amide bonds. The van der Waals surface area contributed by atoms with Crippen LogP contribution in [0.2, 0.25) is 0 Å². The predicted molar refractivity (Wildman–Crippen MR) is 99.2 cm³/mol. The van der Waals surface area contributed by atoms with E-state index >= 15 is 0 Å². The number of amides is 1. The standard InChI is InChI=1S/C17H19N3O2.2ClH/c18-13-7-6-12(10-13)17(21)20-15-11-19-9-8-16(15)22-14-4-2-1-3-5-14;;/h1-5,8-9,11-13H,6-7,10,18H2,(H,20,21);2*1H. The van der Waals surface area contributed by atoms with Crippen molar-refractivity contribution in [2.45, 2.75) is 25.3 Å². The van der Waals surface area contributed by atoms with Crippen LogP contribution in [0.25, 0.3) is 0 Å². The third-order valence-electron chi connectivity index (χ3n) is 3.85. The van der Waals surface area contributed by atoms with Crippen molar-refractivity contribution in [2.24, 2.45) is 11.7 Å². The van der Waals surface area contributed by atoms with Gasteiger partial charge in [-0.15, -0.1) is 24.8 Å². The van der Waals surface area contributed by atoms with E-state index in [9.17, 15) is 4.79 Å². The van der Waals surface area contributed by atoms with Gasteiger partial charge in [-0.25, -0.2) is 0 Å². The second-order valence-electron chi connectivity index (χ2n) is 5.55. The monoisotopic (exact) mass is 369 g/mol. The molecule has 130 valence electrons. The van der Waals surface area contributed by atoms with Gasteiger partial charge < -0.3 is 15.8 Å². The van der Waals surface area contributed by atoms with Crippen LogP contribution in [0.3, 0.4) is 0 Å². The van der Waals surface area contributed by atoms with E-state index in [1.807, 2.05) is 30.3 Å². The number of para-hydroxylation sites is 1. The summed E-state index contributed by atoms with van der Waals surface area (Å²) in [7, 11) is 0. The minimum atomic E-state index is -0.0280. The van der Waals surface area contributed by atoms with Crippen molar-refractivity contribution < 1.29 is 9.53 Å². The number of ether oxygens (including phenoxy) is 1. The number of anilines is 1. The fourth-order valence-corrected chi connectivity index (χ4v) is 2.67. The molecular weight excluding hydrogens is 349 g/mol. The van der Waals surface area contributed by atoms with Crippen LogP contribution in [0.1, 0.15) is 19.3 Å². The summed E-state index contributed by atoms with van der Waals surface area (Å²) < 4.78 is 5.81. The summed E-state index contributed by atoms with van der Waals surface area (Å²) in [5.41, 5.74) is 6.45. The van der Waals surface area contributed by atoms with Crippen LogP contribution in [-0.4, -0.2) is 16.9 Å². The molecule has 1 aliphatic carbocycles. The Labute approximate surface area is 153 Å². The van der Waals surface area contributed by atoms with Crippen LogP contribution in [0, 0.1) is 5.92 Å². The van der Waals surface area contributed by atoms with Crippen molar-refractivity contribution in [3.63, 3.8) is 0 Å². The number of benzene rings is 1. The minimum Gasteiger partial charge on any atom is -0.455 e. The first-order valence-corrected chi connectivity index (χ1v) is 7.46. The molecule has 24 heavy (non-hydrogen) atoms. The van der Waals surface area contributed by atoms with E-state index < -0.39 is 0 Å². The molecule has 1 heterocycles. The zero-order valence-corrected chi connectivity index (χ0v) is 14.7.